The minimum atomic E-state index is -0.528. The average molecular weight is 619 g/mol. The smallest absolute Gasteiger partial charge is 0.409 e. The van der Waals surface area contributed by atoms with Gasteiger partial charge in [0.05, 0.1) is 42.6 Å². The van der Waals surface area contributed by atoms with Crippen LogP contribution in [0.3, 0.4) is 0 Å². The summed E-state index contributed by atoms with van der Waals surface area (Å²) in [7, 11) is 1.91. The number of benzene rings is 1. The number of carbonyl (C=O) groups excluding carboxylic acids is 2. The Morgan fingerprint density at radius 1 is 1.18 bits per heavy atom. The molecule has 0 spiro atoms. The number of piperazine rings is 1. The van der Waals surface area contributed by atoms with Crippen LogP contribution in [0.4, 0.5) is 4.79 Å². The number of halogens is 1. The zero-order valence-corrected chi connectivity index (χ0v) is 26.2. The van der Waals surface area contributed by atoms with Gasteiger partial charge in [-0.3, -0.25) is 14.7 Å². The molecule has 1 unspecified atom stereocenters. The average Bonchev–Trinajstić information content (AvgIpc) is 3.66. The fraction of sp³-hybridized carbons (Fsp3) is 0.455. The number of rotatable bonds is 9. The molecule has 1 aromatic carbocycles. The Bertz CT molecular complexity index is 1560. The van der Waals surface area contributed by atoms with E-state index in [-0.39, 0.29) is 30.1 Å². The Kier molecular flexibility index (Phi) is 8.75. The van der Waals surface area contributed by atoms with Gasteiger partial charge in [0.1, 0.15) is 6.61 Å². The van der Waals surface area contributed by atoms with Gasteiger partial charge in [0.25, 0.3) is 0 Å². The van der Waals surface area contributed by atoms with E-state index < -0.39 is 6.04 Å². The lowest BCUT2D eigenvalue weighted by atomic mass is 9.89. The maximum Gasteiger partial charge on any atom is 0.409 e. The first-order chi connectivity index (χ1) is 21.3. The Labute approximate surface area is 263 Å². The van der Waals surface area contributed by atoms with Crippen molar-refractivity contribution in [3.8, 4) is 0 Å². The summed E-state index contributed by atoms with van der Waals surface area (Å²) in [5.74, 6) is -0.228. The van der Waals surface area contributed by atoms with E-state index in [0.717, 1.165) is 46.5 Å². The highest BCUT2D eigenvalue weighted by molar-refractivity contribution is 6.30. The Morgan fingerprint density at radius 2 is 1.98 bits per heavy atom. The summed E-state index contributed by atoms with van der Waals surface area (Å²) < 4.78 is 13.0. The molecule has 1 saturated carbocycles. The topological polar surface area (TPSA) is 102 Å². The highest BCUT2D eigenvalue weighted by Gasteiger charge is 2.40. The first-order valence-corrected chi connectivity index (χ1v) is 15.6. The highest BCUT2D eigenvalue weighted by atomic mass is 35.5. The van der Waals surface area contributed by atoms with Crippen LogP contribution in [0, 0.1) is 5.41 Å². The fourth-order valence-corrected chi connectivity index (χ4v) is 6.17. The van der Waals surface area contributed by atoms with Crippen molar-refractivity contribution in [2.45, 2.75) is 38.8 Å². The summed E-state index contributed by atoms with van der Waals surface area (Å²) in [6.07, 6.45) is 9.39. The summed E-state index contributed by atoms with van der Waals surface area (Å²) in [6.45, 7) is 7.31. The van der Waals surface area contributed by atoms with Crippen LogP contribution in [0.15, 0.2) is 49.1 Å². The molecule has 11 heteroatoms. The van der Waals surface area contributed by atoms with Gasteiger partial charge < -0.3 is 24.3 Å². The fourth-order valence-electron chi connectivity index (χ4n) is 6.00. The molecule has 0 radical (unpaired) electrons. The van der Waals surface area contributed by atoms with E-state index in [2.05, 4.69) is 40.3 Å². The number of hydrogen-bond acceptors (Lipinski definition) is 7. The molecule has 2 fully saturated rings. The number of fused-ring (bicyclic) bond motifs is 2. The maximum atomic E-state index is 13.1. The Balaban J connectivity index is 1.35. The van der Waals surface area contributed by atoms with Crippen molar-refractivity contribution in [2.75, 3.05) is 46.0 Å². The molecular weight excluding hydrogens is 580 g/mol. The number of ether oxygens (including phenoxy) is 2. The van der Waals surface area contributed by atoms with E-state index in [0.29, 0.717) is 44.4 Å². The van der Waals surface area contributed by atoms with Crippen LogP contribution in [0.25, 0.3) is 11.6 Å². The molecule has 232 valence electrons. The number of nitrogens with zero attached hydrogens (tertiary/aromatic N) is 5. The van der Waals surface area contributed by atoms with E-state index in [1.807, 2.05) is 42.9 Å². The third-order valence-electron chi connectivity index (χ3n) is 8.85. The first kappa shape index (κ1) is 30.3. The van der Waals surface area contributed by atoms with Gasteiger partial charge in [-0.1, -0.05) is 30.7 Å². The molecule has 1 N–H and O–H groups in total. The molecule has 2 amide bonds. The molecule has 3 aliphatic rings. The van der Waals surface area contributed by atoms with E-state index in [1.54, 1.807) is 17.4 Å². The third-order valence-corrected chi connectivity index (χ3v) is 9.09. The summed E-state index contributed by atoms with van der Waals surface area (Å²) in [5, 5.41) is 3.79. The number of nitrogens with one attached hydrogen (secondary N) is 1. The number of aromatic nitrogens is 3. The molecular formula is C33H39ClN6O4. The Morgan fingerprint density at radius 3 is 2.68 bits per heavy atom. The molecule has 2 atom stereocenters. The molecule has 6 rings (SSSR count). The van der Waals surface area contributed by atoms with Crippen LogP contribution in [0.2, 0.25) is 5.02 Å². The van der Waals surface area contributed by atoms with Crippen LogP contribution in [-0.4, -0.2) is 82.3 Å². The molecule has 10 nitrogen and oxygen atoms in total. The van der Waals surface area contributed by atoms with Crippen LogP contribution < -0.4 is 5.32 Å². The molecule has 3 aromatic rings. The van der Waals surface area contributed by atoms with E-state index in [9.17, 15) is 9.59 Å². The largest absolute Gasteiger partial charge is 0.449 e. The number of hydrogen-bond donors (Lipinski definition) is 1. The second-order valence-electron chi connectivity index (χ2n) is 12.2. The molecule has 3 heterocycles. The van der Waals surface area contributed by atoms with E-state index >= 15 is 0 Å². The van der Waals surface area contributed by atoms with Gasteiger partial charge in [0.2, 0.25) is 5.91 Å². The molecule has 2 aromatic heterocycles. The standard InChI is InChI=1S/C33H39ClN6O4/c1-4-43-19-28(41)37-30(27-18-35-21-38(27)3)26-16-22-6-5-11-36-29(22)31(24-8-7-23(34)17-25(24)26)39-12-14-40(15-13-39)32(42)44-20-33(2)9-10-33/h5-8,11,16-18,21,30-31H,4,9-10,12-15,19-20H2,1-3H3,(H,37,41)/t30-,31?/m1/s1. The second-order valence-corrected chi connectivity index (χ2v) is 12.6. The lowest BCUT2D eigenvalue weighted by Gasteiger charge is -2.39. The maximum absolute atomic E-state index is 13.1. The lowest BCUT2D eigenvalue weighted by Crippen LogP contribution is -2.50. The monoisotopic (exact) mass is 618 g/mol. The number of carbonyl (C=O) groups is 2. The zero-order valence-electron chi connectivity index (χ0n) is 25.5. The van der Waals surface area contributed by atoms with Crippen molar-refractivity contribution in [3.63, 3.8) is 0 Å². The first-order valence-electron chi connectivity index (χ1n) is 15.2. The molecule has 1 aliphatic heterocycles. The summed E-state index contributed by atoms with van der Waals surface area (Å²) in [5.41, 5.74) is 5.66. The van der Waals surface area contributed by atoms with E-state index in [4.69, 9.17) is 26.1 Å². The molecule has 0 bridgehead atoms. The minimum Gasteiger partial charge on any atom is -0.449 e. The number of pyridine rings is 1. The number of imidazole rings is 1. The zero-order chi connectivity index (χ0) is 30.8. The van der Waals surface area contributed by atoms with Crippen molar-refractivity contribution in [1.29, 1.82) is 0 Å². The third kappa shape index (κ3) is 6.38. The highest BCUT2D eigenvalue weighted by Crippen LogP contribution is 2.46. The van der Waals surface area contributed by atoms with Crippen LogP contribution in [-0.2, 0) is 21.3 Å². The predicted octanol–water partition coefficient (Wildman–Crippen LogP) is 4.86. The Hall–Kier alpha value is -3.73. The van der Waals surface area contributed by atoms with Crippen LogP contribution in [0.1, 0.15) is 66.9 Å². The van der Waals surface area contributed by atoms with Crippen molar-refractivity contribution >= 4 is 35.3 Å². The van der Waals surface area contributed by atoms with Gasteiger partial charge in [-0.05, 0) is 66.3 Å². The minimum absolute atomic E-state index is 0.0484. The van der Waals surface area contributed by atoms with Crippen molar-refractivity contribution in [1.82, 2.24) is 29.7 Å². The van der Waals surface area contributed by atoms with Gasteiger partial charge in [-0.15, -0.1) is 0 Å². The second kappa shape index (κ2) is 12.7. The quantitative estimate of drug-likeness (QED) is 0.365. The SMILES string of the molecule is CCOCC(=O)N[C@H](C1=Cc2cccnc2C(N2CCN(C(=O)OCC3(C)CC3)CC2)c2ccc(Cl)cc21)c1cncn1C. The van der Waals surface area contributed by atoms with Crippen molar-refractivity contribution < 1.29 is 19.1 Å². The summed E-state index contributed by atoms with van der Waals surface area (Å²) in [4.78, 5) is 39.4. The lowest BCUT2D eigenvalue weighted by molar-refractivity contribution is -0.125. The predicted molar refractivity (Wildman–Crippen MR) is 168 cm³/mol. The molecule has 2 aliphatic carbocycles. The van der Waals surface area contributed by atoms with Gasteiger partial charge in [-0.25, -0.2) is 9.78 Å². The van der Waals surface area contributed by atoms with Crippen molar-refractivity contribution in [3.05, 3.63) is 82.2 Å². The van der Waals surface area contributed by atoms with Crippen LogP contribution in [0.5, 0.6) is 0 Å². The normalized spacial score (nSPS) is 19.7. The molecule has 44 heavy (non-hydrogen) atoms. The van der Waals surface area contributed by atoms with E-state index in [1.165, 1.54) is 0 Å². The van der Waals surface area contributed by atoms with Gasteiger partial charge in [0.15, 0.2) is 0 Å². The summed E-state index contributed by atoms with van der Waals surface area (Å²) >= 11 is 6.66. The molecule has 1 saturated heterocycles. The van der Waals surface area contributed by atoms with Gasteiger partial charge in [-0.2, -0.15) is 0 Å². The van der Waals surface area contributed by atoms with Crippen molar-refractivity contribution in [2.24, 2.45) is 12.5 Å². The van der Waals surface area contributed by atoms with Crippen LogP contribution >= 0.6 is 11.6 Å². The van der Waals surface area contributed by atoms with Gasteiger partial charge >= 0.3 is 6.09 Å². The number of amides is 2. The van der Waals surface area contributed by atoms with Gasteiger partial charge in [0, 0.05) is 56.5 Å². The summed E-state index contributed by atoms with van der Waals surface area (Å²) in [6, 6.07) is 9.18. The number of aryl methyl sites for hydroxylation is 1.